The number of sulfonamides is 1. The lowest BCUT2D eigenvalue weighted by atomic mass is 10.0. The maximum Gasteiger partial charge on any atom is 0.407 e. The molecule has 1 aromatic rings. The van der Waals surface area contributed by atoms with Gasteiger partial charge in [0.1, 0.15) is 16.3 Å². The number of alkyl carbamates (subject to hydrolysis) is 1. The van der Waals surface area contributed by atoms with Gasteiger partial charge in [0.2, 0.25) is 10.0 Å². The van der Waals surface area contributed by atoms with Crippen LogP contribution in [0, 0.1) is 24.1 Å². The third kappa shape index (κ3) is 8.33. The number of terminal acetylenes is 1. The summed E-state index contributed by atoms with van der Waals surface area (Å²) in [7, 11) is -4.21. The summed E-state index contributed by atoms with van der Waals surface area (Å²) in [5, 5.41) is 2.70. The van der Waals surface area contributed by atoms with E-state index >= 15 is 0 Å². The molecular weight excluding hydrogens is 463 g/mol. The van der Waals surface area contributed by atoms with Gasteiger partial charge in [-0.15, -0.1) is 6.42 Å². The lowest BCUT2D eigenvalue weighted by Gasteiger charge is -2.28. The van der Waals surface area contributed by atoms with Gasteiger partial charge in [-0.3, -0.25) is 0 Å². The number of benzene rings is 1. The van der Waals surface area contributed by atoms with E-state index in [1.807, 2.05) is 13.8 Å². The van der Waals surface area contributed by atoms with E-state index in [1.165, 1.54) is 12.1 Å². The van der Waals surface area contributed by atoms with Gasteiger partial charge in [-0.05, 0) is 51.3 Å². The Balaban J connectivity index is 3.16. The first-order chi connectivity index (χ1) is 13.3. The molecule has 0 aromatic heterocycles. The van der Waals surface area contributed by atoms with E-state index in [1.54, 1.807) is 20.8 Å². The van der Waals surface area contributed by atoms with Gasteiger partial charge in [0.05, 0.1) is 6.54 Å². The summed E-state index contributed by atoms with van der Waals surface area (Å²) in [6.45, 7) is 8.71. The molecule has 0 heterocycles. The van der Waals surface area contributed by atoms with E-state index in [4.69, 9.17) is 11.2 Å². The van der Waals surface area contributed by atoms with Crippen molar-refractivity contribution in [3.63, 3.8) is 0 Å². The van der Waals surface area contributed by atoms with Crippen molar-refractivity contribution in [2.45, 2.75) is 57.6 Å². The summed E-state index contributed by atoms with van der Waals surface area (Å²) in [6, 6.07) is 3.13. The molecule has 9 heteroatoms. The van der Waals surface area contributed by atoms with Crippen LogP contribution in [0.4, 0.5) is 9.18 Å². The number of nitrogens with zero attached hydrogens (tertiary/aromatic N) is 1. The Hall–Kier alpha value is -1.63. The average Bonchev–Trinajstić information content (AvgIpc) is 2.51. The average molecular weight is 491 g/mol. The maximum absolute atomic E-state index is 14.3. The monoisotopic (exact) mass is 490 g/mol. The third-order valence-corrected chi connectivity index (χ3v) is 6.02. The molecule has 1 atom stereocenters. The number of rotatable bonds is 8. The molecule has 162 valence electrons. The van der Waals surface area contributed by atoms with E-state index in [-0.39, 0.29) is 19.0 Å². The maximum atomic E-state index is 14.3. The number of hydrogen-bond acceptors (Lipinski definition) is 4. The zero-order valence-corrected chi connectivity index (χ0v) is 19.7. The highest BCUT2D eigenvalue weighted by molar-refractivity contribution is 9.10. The molecule has 0 spiro atoms. The van der Waals surface area contributed by atoms with Crippen LogP contribution in [0.5, 0.6) is 0 Å². The van der Waals surface area contributed by atoms with Crippen LogP contribution in [0.2, 0.25) is 0 Å². The van der Waals surface area contributed by atoms with Crippen LogP contribution in [0.15, 0.2) is 27.6 Å². The molecule has 1 aromatic carbocycles. The zero-order chi connectivity index (χ0) is 22.4. The molecule has 0 radical (unpaired) electrons. The summed E-state index contributed by atoms with van der Waals surface area (Å²) >= 11 is 3.11. The van der Waals surface area contributed by atoms with E-state index in [9.17, 15) is 17.6 Å². The van der Waals surface area contributed by atoms with Gasteiger partial charge in [-0.25, -0.2) is 17.6 Å². The predicted octanol–water partition coefficient (Wildman–Crippen LogP) is 4.15. The minimum Gasteiger partial charge on any atom is -0.444 e. The number of hydrogen-bond donors (Lipinski definition) is 1. The fraction of sp³-hybridized carbons (Fsp3) is 0.550. The Morgan fingerprint density at radius 2 is 2.00 bits per heavy atom. The van der Waals surface area contributed by atoms with Gasteiger partial charge >= 0.3 is 6.09 Å². The smallest absolute Gasteiger partial charge is 0.407 e. The second-order valence-electron chi connectivity index (χ2n) is 8.05. The van der Waals surface area contributed by atoms with Gasteiger partial charge in [-0.2, -0.15) is 4.31 Å². The fourth-order valence-corrected chi connectivity index (χ4v) is 4.42. The van der Waals surface area contributed by atoms with Gasteiger partial charge < -0.3 is 10.1 Å². The highest BCUT2D eigenvalue weighted by Gasteiger charge is 2.30. The van der Waals surface area contributed by atoms with Crippen molar-refractivity contribution in [1.29, 1.82) is 0 Å². The van der Waals surface area contributed by atoms with Crippen LogP contribution in [0.1, 0.15) is 41.0 Å². The van der Waals surface area contributed by atoms with Gasteiger partial charge in [-0.1, -0.05) is 35.7 Å². The van der Waals surface area contributed by atoms with Crippen molar-refractivity contribution in [3.8, 4) is 12.3 Å². The molecule has 0 bridgehead atoms. The zero-order valence-electron chi connectivity index (χ0n) is 17.3. The van der Waals surface area contributed by atoms with Crippen molar-refractivity contribution in [3.05, 3.63) is 28.5 Å². The summed E-state index contributed by atoms with van der Waals surface area (Å²) in [5.41, 5.74) is -0.697. The van der Waals surface area contributed by atoms with Crippen molar-refractivity contribution in [2.75, 3.05) is 13.1 Å². The second-order valence-corrected chi connectivity index (χ2v) is 10.9. The first-order valence-corrected chi connectivity index (χ1v) is 11.4. The summed E-state index contributed by atoms with van der Waals surface area (Å²) in [5.74, 6) is 1.57. The molecule has 0 saturated carbocycles. The largest absolute Gasteiger partial charge is 0.444 e. The van der Waals surface area contributed by atoms with Crippen LogP contribution in [0.25, 0.3) is 0 Å². The Bertz CT molecular complexity index is 860. The summed E-state index contributed by atoms with van der Waals surface area (Å²) in [4.78, 5) is 11.7. The molecule has 0 saturated heterocycles. The van der Waals surface area contributed by atoms with Gasteiger partial charge in [0.25, 0.3) is 0 Å². The van der Waals surface area contributed by atoms with Gasteiger partial charge in [0, 0.05) is 17.1 Å². The molecule has 1 amide bonds. The fourth-order valence-electron chi connectivity index (χ4n) is 2.64. The van der Waals surface area contributed by atoms with E-state index in [2.05, 4.69) is 27.2 Å². The van der Waals surface area contributed by atoms with E-state index in [0.29, 0.717) is 10.9 Å². The standard InChI is InChI=1S/C20H28BrFN2O4S/c1-7-10-24(29(26,27)18-9-8-15(21)12-17(18)22)13-16(11-14(2)3)23-19(25)28-20(4,5)6/h1,8-9,12,14,16H,10-11,13H2,2-6H3,(H,23,25)/t16-/m1/s1. The molecule has 6 nitrogen and oxygen atoms in total. The lowest BCUT2D eigenvalue weighted by molar-refractivity contribution is 0.0493. The molecule has 0 fully saturated rings. The molecule has 0 aliphatic carbocycles. The Kier molecular flexibility index (Phi) is 9.12. The normalized spacial score (nSPS) is 13.2. The Labute approximate surface area is 181 Å². The van der Waals surface area contributed by atoms with E-state index < -0.39 is 38.5 Å². The Morgan fingerprint density at radius 1 is 1.38 bits per heavy atom. The molecule has 0 aliphatic rings. The number of carbonyl (C=O) groups is 1. The third-order valence-electron chi connectivity index (χ3n) is 3.68. The molecule has 0 aliphatic heterocycles. The summed E-state index contributed by atoms with van der Waals surface area (Å²) < 4.78 is 47.0. The molecule has 29 heavy (non-hydrogen) atoms. The van der Waals surface area contributed by atoms with E-state index in [0.717, 1.165) is 10.4 Å². The molecule has 1 N–H and O–H groups in total. The number of nitrogens with one attached hydrogen (secondary N) is 1. The summed E-state index contributed by atoms with van der Waals surface area (Å²) in [6.07, 6.45) is 5.19. The second kappa shape index (κ2) is 10.4. The van der Waals surface area contributed by atoms with Crippen LogP contribution in [0.3, 0.4) is 0 Å². The molecule has 0 unspecified atom stereocenters. The first-order valence-electron chi connectivity index (χ1n) is 9.14. The minimum absolute atomic E-state index is 0.112. The van der Waals surface area contributed by atoms with Crippen LogP contribution in [-0.2, 0) is 14.8 Å². The van der Waals surface area contributed by atoms with Crippen LogP contribution in [-0.4, -0.2) is 43.5 Å². The number of carbonyl (C=O) groups excluding carboxylic acids is 1. The van der Waals surface area contributed by atoms with Crippen molar-refractivity contribution in [2.24, 2.45) is 5.92 Å². The molecular formula is C20H28BrFN2O4S. The van der Waals surface area contributed by atoms with Crippen LogP contribution >= 0.6 is 15.9 Å². The quantitative estimate of drug-likeness (QED) is 0.555. The predicted molar refractivity (Wildman–Crippen MR) is 114 cm³/mol. The van der Waals surface area contributed by atoms with Crippen molar-refractivity contribution >= 4 is 32.0 Å². The number of ether oxygens (including phenoxy) is 1. The van der Waals surface area contributed by atoms with Gasteiger partial charge in [0.15, 0.2) is 0 Å². The highest BCUT2D eigenvalue weighted by Crippen LogP contribution is 2.23. The minimum atomic E-state index is -4.21. The van der Waals surface area contributed by atoms with Crippen molar-refractivity contribution < 1.29 is 22.3 Å². The first kappa shape index (κ1) is 25.4. The number of amides is 1. The Morgan fingerprint density at radius 3 is 2.48 bits per heavy atom. The SMILES string of the molecule is C#CCN(C[C@@H](CC(C)C)NC(=O)OC(C)(C)C)S(=O)(=O)c1ccc(Br)cc1F. The highest BCUT2D eigenvalue weighted by atomic mass is 79.9. The lowest BCUT2D eigenvalue weighted by Crippen LogP contribution is -2.48. The van der Waals surface area contributed by atoms with Crippen molar-refractivity contribution in [1.82, 2.24) is 9.62 Å². The molecule has 1 rings (SSSR count). The van der Waals surface area contributed by atoms with Crippen LogP contribution < -0.4 is 5.32 Å². The number of halogens is 2. The topological polar surface area (TPSA) is 75.7 Å².